The van der Waals surface area contributed by atoms with Crippen LogP contribution >= 0.6 is 35.3 Å². The van der Waals surface area contributed by atoms with E-state index >= 15 is 0 Å². The summed E-state index contributed by atoms with van der Waals surface area (Å²) in [6.07, 6.45) is 2.72. The SMILES string of the molecule is CCNC(=NCC1CCCC1O)NC(C)c1nc(C)c(C(=O)OCC)s1.I. The van der Waals surface area contributed by atoms with Gasteiger partial charge in [-0.25, -0.2) is 9.78 Å². The third-order valence-corrected chi connectivity index (χ3v) is 5.76. The van der Waals surface area contributed by atoms with Gasteiger partial charge in [0.1, 0.15) is 9.88 Å². The maximum atomic E-state index is 12.0. The van der Waals surface area contributed by atoms with Crippen molar-refractivity contribution >= 4 is 47.2 Å². The summed E-state index contributed by atoms with van der Waals surface area (Å²) < 4.78 is 5.08. The number of nitrogens with zero attached hydrogens (tertiary/aromatic N) is 2. The molecule has 0 aromatic carbocycles. The zero-order valence-electron chi connectivity index (χ0n) is 16.4. The summed E-state index contributed by atoms with van der Waals surface area (Å²) >= 11 is 1.35. The summed E-state index contributed by atoms with van der Waals surface area (Å²) in [4.78, 5) is 21.7. The molecule has 2 rings (SSSR count). The minimum atomic E-state index is -0.322. The van der Waals surface area contributed by atoms with Crippen LogP contribution in [-0.4, -0.2) is 47.8 Å². The molecule has 3 unspecified atom stereocenters. The van der Waals surface area contributed by atoms with E-state index in [0.29, 0.717) is 29.7 Å². The highest BCUT2D eigenvalue weighted by molar-refractivity contribution is 14.0. The number of aliphatic imine (C=N–C) groups is 1. The van der Waals surface area contributed by atoms with Gasteiger partial charge in [-0.15, -0.1) is 35.3 Å². The number of nitrogens with one attached hydrogen (secondary N) is 2. The van der Waals surface area contributed by atoms with Crippen molar-refractivity contribution in [3.05, 3.63) is 15.6 Å². The van der Waals surface area contributed by atoms with Crippen LogP contribution in [0.25, 0.3) is 0 Å². The zero-order valence-corrected chi connectivity index (χ0v) is 19.6. The second-order valence-corrected chi connectivity index (χ2v) is 7.56. The summed E-state index contributed by atoms with van der Waals surface area (Å²) in [5, 5.41) is 17.3. The first-order valence-electron chi connectivity index (χ1n) is 9.33. The van der Waals surface area contributed by atoms with Gasteiger partial charge < -0.3 is 20.5 Å². The molecule has 1 aromatic heterocycles. The highest BCUT2D eigenvalue weighted by Crippen LogP contribution is 2.26. The van der Waals surface area contributed by atoms with Crippen LogP contribution < -0.4 is 10.6 Å². The lowest BCUT2D eigenvalue weighted by molar-refractivity contribution is 0.0531. The van der Waals surface area contributed by atoms with E-state index < -0.39 is 0 Å². The first-order valence-corrected chi connectivity index (χ1v) is 10.1. The average Bonchev–Trinajstić information content (AvgIpc) is 3.19. The van der Waals surface area contributed by atoms with Crippen molar-refractivity contribution in [1.82, 2.24) is 15.6 Å². The normalized spacial score (nSPS) is 20.7. The Morgan fingerprint density at radius 1 is 1.44 bits per heavy atom. The van der Waals surface area contributed by atoms with E-state index in [4.69, 9.17) is 4.74 Å². The molecule has 27 heavy (non-hydrogen) atoms. The molecule has 0 bridgehead atoms. The molecule has 1 aliphatic rings. The number of hydrogen-bond donors (Lipinski definition) is 3. The van der Waals surface area contributed by atoms with Crippen molar-refractivity contribution in [3.8, 4) is 0 Å². The monoisotopic (exact) mass is 510 g/mol. The number of guanidine groups is 1. The summed E-state index contributed by atoms with van der Waals surface area (Å²) in [7, 11) is 0. The van der Waals surface area contributed by atoms with E-state index in [1.807, 2.05) is 20.8 Å². The molecule has 1 saturated carbocycles. The van der Waals surface area contributed by atoms with Crippen molar-refractivity contribution < 1.29 is 14.6 Å². The predicted molar refractivity (Wildman–Crippen MR) is 119 cm³/mol. The Hall–Kier alpha value is -0.940. The topological polar surface area (TPSA) is 95.8 Å². The van der Waals surface area contributed by atoms with Crippen LogP contribution in [0.5, 0.6) is 0 Å². The molecule has 7 nitrogen and oxygen atoms in total. The lowest BCUT2D eigenvalue weighted by atomic mass is 10.1. The molecule has 0 saturated heterocycles. The summed E-state index contributed by atoms with van der Waals surface area (Å²) in [5.74, 6) is 0.611. The number of aliphatic hydroxyl groups excluding tert-OH is 1. The van der Waals surface area contributed by atoms with Crippen LogP contribution in [0.4, 0.5) is 0 Å². The number of aromatic nitrogens is 1. The molecule has 0 spiro atoms. The van der Waals surface area contributed by atoms with Gasteiger partial charge >= 0.3 is 5.97 Å². The third-order valence-electron chi connectivity index (χ3n) is 4.44. The van der Waals surface area contributed by atoms with Crippen molar-refractivity contribution in [2.24, 2.45) is 10.9 Å². The Labute approximate surface area is 182 Å². The predicted octanol–water partition coefficient (Wildman–Crippen LogP) is 3.02. The van der Waals surface area contributed by atoms with Crippen molar-refractivity contribution in [3.63, 3.8) is 0 Å². The largest absolute Gasteiger partial charge is 0.462 e. The van der Waals surface area contributed by atoms with Gasteiger partial charge in [0.25, 0.3) is 0 Å². The standard InChI is InChI=1S/C18H30N4O3S.HI/c1-5-19-18(20-10-13-8-7-9-14(13)23)22-12(4)16-21-11(3)15(26-16)17(24)25-6-2;/h12-14,23H,5-10H2,1-4H3,(H2,19,20,22);1H. The van der Waals surface area contributed by atoms with Gasteiger partial charge in [0.05, 0.1) is 24.4 Å². The number of halogens is 1. The Kier molecular flexibility index (Phi) is 10.5. The number of hydrogen-bond acceptors (Lipinski definition) is 6. The van der Waals surface area contributed by atoms with Gasteiger partial charge in [-0.2, -0.15) is 0 Å². The maximum Gasteiger partial charge on any atom is 0.350 e. The first-order chi connectivity index (χ1) is 12.5. The van der Waals surface area contributed by atoms with E-state index in [1.54, 1.807) is 6.92 Å². The van der Waals surface area contributed by atoms with Crippen LogP contribution in [0.3, 0.4) is 0 Å². The second-order valence-electron chi connectivity index (χ2n) is 6.53. The zero-order chi connectivity index (χ0) is 19.1. The molecule has 154 valence electrons. The first kappa shape index (κ1) is 24.1. The fraction of sp³-hybridized carbons (Fsp3) is 0.722. The van der Waals surface area contributed by atoms with E-state index in [-0.39, 0.29) is 48.0 Å². The number of carbonyl (C=O) groups excluding carboxylic acids is 1. The molecule has 1 aliphatic carbocycles. The molecule has 0 radical (unpaired) electrons. The number of ether oxygens (including phenoxy) is 1. The fourth-order valence-electron chi connectivity index (χ4n) is 3.01. The number of thiazole rings is 1. The molecular weight excluding hydrogens is 479 g/mol. The molecule has 1 aromatic rings. The Bertz CT molecular complexity index is 638. The van der Waals surface area contributed by atoms with Crippen LogP contribution in [0.2, 0.25) is 0 Å². The van der Waals surface area contributed by atoms with E-state index in [1.165, 1.54) is 11.3 Å². The van der Waals surface area contributed by atoms with Gasteiger partial charge in [0, 0.05) is 19.0 Å². The van der Waals surface area contributed by atoms with E-state index in [9.17, 15) is 9.90 Å². The third kappa shape index (κ3) is 6.86. The number of carbonyl (C=O) groups is 1. The minimum absolute atomic E-state index is 0. The van der Waals surface area contributed by atoms with E-state index in [2.05, 4.69) is 20.6 Å². The Balaban J connectivity index is 0.00000364. The van der Waals surface area contributed by atoms with Crippen LogP contribution in [0.15, 0.2) is 4.99 Å². The average molecular weight is 510 g/mol. The van der Waals surface area contributed by atoms with Gasteiger partial charge in [-0.3, -0.25) is 4.99 Å². The van der Waals surface area contributed by atoms with E-state index in [0.717, 1.165) is 30.8 Å². The molecule has 0 amide bonds. The maximum absolute atomic E-state index is 12.0. The quantitative estimate of drug-likeness (QED) is 0.226. The Morgan fingerprint density at radius 3 is 2.78 bits per heavy atom. The summed E-state index contributed by atoms with van der Waals surface area (Å²) in [5.41, 5.74) is 0.688. The number of aliphatic hydroxyl groups is 1. The van der Waals surface area contributed by atoms with Gasteiger partial charge in [0.2, 0.25) is 0 Å². The Morgan fingerprint density at radius 2 is 2.19 bits per heavy atom. The lowest BCUT2D eigenvalue weighted by Gasteiger charge is -2.17. The highest BCUT2D eigenvalue weighted by Gasteiger charge is 2.25. The van der Waals surface area contributed by atoms with Crippen molar-refractivity contribution in [2.75, 3.05) is 19.7 Å². The van der Waals surface area contributed by atoms with Crippen LogP contribution in [0, 0.1) is 12.8 Å². The van der Waals surface area contributed by atoms with Crippen LogP contribution in [0.1, 0.15) is 66.4 Å². The number of esters is 1. The van der Waals surface area contributed by atoms with Gasteiger partial charge in [-0.05, 0) is 40.5 Å². The van der Waals surface area contributed by atoms with Crippen molar-refractivity contribution in [2.45, 2.75) is 59.1 Å². The minimum Gasteiger partial charge on any atom is -0.462 e. The smallest absolute Gasteiger partial charge is 0.350 e. The van der Waals surface area contributed by atoms with Crippen LogP contribution in [-0.2, 0) is 4.74 Å². The highest BCUT2D eigenvalue weighted by atomic mass is 127. The molecule has 0 aliphatic heterocycles. The molecule has 3 N–H and O–H groups in total. The fourth-order valence-corrected chi connectivity index (χ4v) is 3.98. The molecule has 1 heterocycles. The molecule has 9 heteroatoms. The molecular formula is C18H31IN4O3S. The second kappa shape index (κ2) is 11.8. The lowest BCUT2D eigenvalue weighted by Crippen LogP contribution is -2.39. The summed E-state index contributed by atoms with van der Waals surface area (Å²) in [6.45, 7) is 9.32. The number of aryl methyl sites for hydroxylation is 1. The van der Waals surface area contributed by atoms with Crippen molar-refractivity contribution in [1.29, 1.82) is 0 Å². The summed E-state index contributed by atoms with van der Waals surface area (Å²) in [6, 6.07) is -0.0896. The molecule has 1 fully saturated rings. The number of rotatable bonds is 7. The molecule has 3 atom stereocenters. The van der Waals surface area contributed by atoms with Gasteiger partial charge in [-0.1, -0.05) is 6.42 Å². The van der Waals surface area contributed by atoms with Gasteiger partial charge in [0.15, 0.2) is 5.96 Å².